The second-order valence-corrected chi connectivity index (χ2v) is 8.88. The van der Waals surface area contributed by atoms with Crippen molar-refractivity contribution in [3.05, 3.63) is 58.5 Å². The van der Waals surface area contributed by atoms with Crippen LogP contribution in [0.25, 0.3) is 10.9 Å². The molecule has 2 heterocycles. The van der Waals surface area contributed by atoms with E-state index in [2.05, 4.69) is 33.5 Å². The molecule has 8 nitrogen and oxygen atoms in total. The van der Waals surface area contributed by atoms with Crippen molar-refractivity contribution in [3.63, 3.8) is 0 Å². The van der Waals surface area contributed by atoms with Gasteiger partial charge in [0.1, 0.15) is 5.69 Å². The summed E-state index contributed by atoms with van der Waals surface area (Å²) in [5, 5.41) is 13.7. The van der Waals surface area contributed by atoms with Crippen LogP contribution < -0.4 is 15.2 Å². The Morgan fingerprint density at radius 2 is 1.97 bits per heavy atom. The fourth-order valence-corrected chi connectivity index (χ4v) is 3.83. The van der Waals surface area contributed by atoms with E-state index in [1.807, 2.05) is 50.9 Å². The fraction of sp³-hybridized carbons (Fsp3) is 0.400. The first-order chi connectivity index (χ1) is 15.8. The Hall–Kier alpha value is -3.55. The number of hydrogen-bond acceptors (Lipinski definition) is 7. The first kappa shape index (κ1) is 22.6. The van der Waals surface area contributed by atoms with Crippen molar-refractivity contribution in [3.8, 4) is 5.88 Å². The van der Waals surface area contributed by atoms with E-state index in [4.69, 9.17) is 9.72 Å². The second kappa shape index (κ2) is 9.52. The maximum absolute atomic E-state index is 12.6. The molecule has 0 aliphatic heterocycles. The number of ether oxygens (including phenoxy) is 1. The van der Waals surface area contributed by atoms with E-state index in [0.29, 0.717) is 36.6 Å². The molecule has 0 spiro atoms. The standard InChI is InChI=1S/C25H30N6O2/c1-16(2)27-28-17(3)14-30(4)23-13-24(29-31(5)25(23)32)33-15-19-12-20(19)22-11-10-18-8-6-7-9-21(18)26-22/h6-11,13,19-20H,12,14-15H2,1-5H3/b28-17+/t19?,20-/m0/s1. The molecular weight excluding hydrogens is 416 g/mol. The van der Waals surface area contributed by atoms with E-state index in [-0.39, 0.29) is 5.56 Å². The molecule has 1 saturated carbocycles. The van der Waals surface area contributed by atoms with Crippen molar-refractivity contribution in [1.29, 1.82) is 0 Å². The monoisotopic (exact) mass is 446 g/mol. The summed E-state index contributed by atoms with van der Waals surface area (Å²) in [7, 11) is 3.49. The zero-order chi connectivity index (χ0) is 23.5. The van der Waals surface area contributed by atoms with Gasteiger partial charge in [-0.05, 0) is 39.3 Å². The molecule has 0 saturated heterocycles. The number of para-hydroxylation sites is 1. The fourth-order valence-electron chi connectivity index (χ4n) is 3.83. The van der Waals surface area contributed by atoms with Gasteiger partial charge in [-0.25, -0.2) is 4.68 Å². The normalized spacial score (nSPS) is 17.7. The third-order valence-corrected chi connectivity index (χ3v) is 5.69. The number of anilines is 1. The minimum absolute atomic E-state index is 0.183. The smallest absolute Gasteiger partial charge is 0.290 e. The van der Waals surface area contributed by atoms with E-state index in [9.17, 15) is 4.79 Å². The topological polar surface area (TPSA) is 85.0 Å². The molecule has 0 bridgehead atoms. The van der Waals surface area contributed by atoms with Crippen LogP contribution in [-0.4, -0.2) is 46.4 Å². The molecule has 1 unspecified atom stereocenters. The number of aryl methyl sites for hydroxylation is 1. The Morgan fingerprint density at radius 3 is 2.76 bits per heavy atom. The molecule has 0 N–H and O–H groups in total. The summed E-state index contributed by atoms with van der Waals surface area (Å²) >= 11 is 0. The van der Waals surface area contributed by atoms with Crippen LogP contribution in [-0.2, 0) is 7.05 Å². The van der Waals surface area contributed by atoms with Gasteiger partial charge in [-0.3, -0.25) is 9.78 Å². The maximum Gasteiger partial charge on any atom is 0.290 e. The van der Waals surface area contributed by atoms with Crippen molar-refractivity contribution in [2.75, 3.05) is 25.1 Å². The molecule has 1 aromatic carbocycles. The Labute approximate surface area is 193 Å². The van der Waals surface area contributed by atoms with Crippen molar-refractivity contribution < 1.29 is 4.74 Å². The summed E-state index contributed by atoms with van der Waals surface area (Å²) in [5.41, 5.74) is 4.15. The number of fused-ring (bicyclic) bond motifs is 1. The van der Waals surface area contributed by atoms with E-state index in [0.717, 1.165) is 34.4 Å². The highest BCUT2D eigenvalue weighted by Gasteiger charge is 2.40. The third kappa shape index (κ3) is 5.45. The molecule has 172 valence electrons. The number of benzene rings is 1. The lowest BCUT2D eigenvalue weighted by Gasteiger charge is -2.19. The average molecular weight is 447 g/mol. The van der Waals surface area contributed by atoms with Crippen molar-refractivity contribution in [2.24, 2.45) is 23.2 Å². The highest BCUT2D eigenvalue weighted by Crippen LogP contribution is 2.47. The predicted octanol–water partition coefficient (Wildman–Crippen LogP) is 3.80. The molecule has 0 radical (unpaired) electrons. The largest absolute Gasteiger partial charge is 0.476 e. The summed E-state index contributed by atoms with van der Waals surface area (Å²) in [6.45, 7) is 6.69. The first-order valence-corrected chi connectivity index (χ1v) is 11.1. The Bertz CT molecular complexity index is 1280. The lowest BCUT2D eigenvalue weighted by Crippen LogP contribution is -2.32. The summed E-state index contributed by atoms with van der Waals surface area (Å²) in [4.78, 5) is 19.3. The first-order valence-electron chi connectivity index (χ1n) is 11.1. The Balaban J connectivity index is 1.41. The maximum atomic E-state index is 12.6. The second-order valence-electron chi connectivity index (χ2n) is 8.88. The van der Waals surface area contributed by atoms with Crippen LogP contribution in [0.2, 0.25) is 0 Å². The molecule has 8 heteroatoms. The minimum Gasteiger partial charge on any atom is -0.476 e. The zero-order valence-electron chi connectivity index (χ0n) is 19.8. The highest BCUT2D eigenvalue weighted by atomic mass is 16.5. The van der Waals surface area contributed by atoms with Gasteiger partial charge in [-0.2, -0.15) is 10.2 Å². The summed E-state index contributed by atoms with van der Waals surface area (Å²) < 4.78 is 7.32. The van der Waals surface area contributed by atoms with Gasteiger partial charge in [0.15, 0.2) is 0 Å². The van der Waals surface area contributed by atoms with Crippen LogP contribution in [0, 0.1) is 5.92 Å². The minimum atomic E-state index is -0.183. The number of nitrogens with zero attached hydrogens (tertiary/aromatic N) is 6. The SMILES string of the molecule is CC(C)=N/N=C(\C)CN(C)c1cc(OCC2C[C@@H]2c2ccc3ccccc3n2)nn(C)c1=O. The molecule has 33 heavy (non-hydrogen) atoms. The van der Waals surface area contributed by atoms with E-state index < -0.39 is 0 Å². The molecule has 1 aliphatic rings. The van der Waals surface area contributed by atoms with Crippen LogP contribution in [0.4, 0.5) is 5.69 Å². The molecule has 1 fully saturated rings. The summed E-state index contributed by atoms with van der Waals surface area (Å²) in [6, 6.07) is 14.1. The average Bonchev–Trinajstić information content (AvgIpc) is 3.57. The summed E-state index contributed by atoms with van der Waals surface area (Å²) in [6.07, 6.45) is 1.04. The van der Waals surface area contributed by atoms with E-state index >= 15 is 0 Å². The predicted molar refractivity (Wildman–Crippen MR) is 133 cm³/mol. The number of rotatable bonds is 8. The van der Waals surface area contributed by atoms with Crippen LogP contribution in [0.1, 0.15) is 38.8 Å². The van der Waals surface area contributed by atoms with Crippen LogP contribution in [0.15, 0.2) is 57.5 Å². The van der Waals surface area contributed by atoms with Gasteiger partial charge in [0.25, 0.3) is 5.56 Å². The van der Waals surface area contributed by atoms with Crippen LogP contribution in [0.5, 0.6) is 5.88 Å². The Morgan fingerprint density at radius 1 is 1.18 bits per heavy atom. The van der Waals surface area contributed by atoms with Gasteiger partial charge in [0, 0.05) is 48.8 Å². The number of aromatic nitrogens is 3. The van der Waals surface area contributed by atoms with Gasteiger partial charge in [-0.15, -0.1) is 5.10 Å². The molecular formula is C25H30N6O2. The number of hydrogen-bond donors (Lipinski definition) is 0. The van der Waals surface area contributed by atoms with Gasteiger partial charge in [-0.1, -0.05) is 24.3 Å². The van der Waals surface area contributed by atoms with Gasteiger partial charge < -0.3 is 9.64 Å². The molecule has 1 aliphatic carbocycles. The van der Waals surface area contributed by atoms with Crippen LogP contribution in [0.3, 0.4) is 0 Å². The molecule has 0 amide bonds. The quantitative estimate of drug-likeness (QED) is 0.388. The molecule has 2 atom stereocenters. The Kier molecular flexibility index (Phi) is 6.53. The molecule has 2 aromatic heterocycles. The summed E-state index contributed by atoms with van der Waals surface area (Å²) in [5.74, 6) is 1.22. The lowest BCUT2D eigenvalue weighted by molar-refractivity contribution is 0.278. The highest BCUT2D eigenvalue weighted by molar-refractivity contribution is 5.87. The molecule has 3 aromatic rings. The van der Waals surface area contributed by atoms with Gasteiger partial charge in [0.2, 0.25) is 5.88 Å². The molecule has 4 rings (SSSR count). The number of pyridine rings is 1. The van der Waals surface area contributed by atoms with E-state index in [1.165, 1.54) is 4.68 Å². The van der Waals surface area contributed by atoms with E-state index in [1.54, 1.807) is 13.1 Å². The van der Waals surface area contributed by atoms with Crippen molar-refractivity contribution >= 4 is 28.0 Å². The third-order valence-electron chi connectivity index (χ3n) is 5.69. The van der Waals surface area contributed by atoms with Crippen molar-refractivity contribution in [1.82, 2.24) is 14.8 Å². The zero-order valence-corrected chi connectivity index (χ0v) is 19.8. The lowest BCUT2D eigenvalue weighted by atomic mass is 10.1. The van der Waals surface area contributed by atoms with Gasteiger partial charge >= 0.3 is 0 Å². The van der Waals surface area contributed by atoms with Crippen LogP contribution >= 0.6 is 0 Å². The van der Waals surface area contributed by atoms with Gasteiger partial charge in [0.05, 0.1) is 24.4 Å². The van der Waals surface area contributed by atoms with Crippen molar-refractivity contribution in [2.45, 2.75) is 33.1 Å².